The summed E-state index contributed by atoms with van der Waals surface area (Å²) < 4.78 is 0. The molecule has 0 saturated carbocycles. The summed E-state index contributed by atoms with van der Waals surface area (Å²) in [5.41, 5.74) is 0.433. The Hall–Kier alpha value is -1.59. The monoisotopic (exact) mass is 324 g/mol. The number of benzene rings is 1. The van der Waals surface area contributed by atoms with Crippen molar-refractivity contribution >= 4 is 23.4 Å². The molecule has 1 aromatic carbocycles. The molecule has 1 aliphatic rings. The summed E-state index contributed by atoms with van der Waals surface area (Å²) in [6.45, 7) is 2.37. The summed E-state index contributed by atoms with van der Waals surface area (Å²) in [7, 11) is 0. The van der Waals surface area contributed by atoms with Crippen molar-refractivity contribution in [3.8, 4) is 0 Å². The van der Waals surface area contributed by atoms with Crippen molar-refractivity contribution in [2.24, 2.45) is 0 Å². The van der Waals surface area contributed by atoms with Crippen LogP contribution in [0.25, 0.3) is 0 Å². The van der Waals surface area contributed by atoms with Crippen molar-refractivity contribution < 1.29 is 14.7 Å². The highest BCUT2D eigenvalue weighted by molar-refractivity contribution is 6.30. The fourth-order valence-corrected chi connectivity index (χ4v) is 2.98. The summed E-state index contributed by atoms with van der Waals surface area (Å²) in [4.78, 5) is 26.0. The molecule has 22 heavy (non-hydrogen) atoms. The van der Waals surface area contributed by atoms with Gasteiger partial charge in [-0.1, -0.05) is 17.7 Å². The van der Waals surface area contributed by atoms with Gasteiger partial charge in [-0.2, -0.15) is 0 Å². The van der Waals surface area contributed by atoms with Crippen LogP contribution in [0.4, 0.5) is 0 Å². The number of amides is 2. The van der Waals surface area contributed by atoms with E-state index in [-0.39, 0.29) is 24.4 Å². The third-order valence-corrected chi connectivity index (χ3v) is 4.03. The average Bonchev–Trinajstić information content (AvgIpc) is 2.91. The van der Waals surface area contributed by atoms with Crippen LogP contribution in [0.2, 0.25) is 5.02 Å². The highest BCUT2D eigenvalue weighted by Gasteiger charge is 2.29. The Morgan fingerprint density at radius 1 is 1.50 bits per heavy atom. The lowest BCUT2D eigenvalue weighted by molar-refractivity contribution is -0.131. The maximum absolute atomic E-state index is 12.2. The predicted molar refractivity (Wildman–Crippen MR) is 84.8 cm³/mol. The fourth-order valence-electron chi connectivity index (χ4n) is 2.79. The van der Waals surface area contributed by atoms with Crippen LogP contribution < -0.4 is 5.32 Å². The number of hydrogen-bond acceptors (Lipinski definition) is 3. The fraction of sp³-hybridized carbons (Fsp3) is 0.500. The lowest BCUT2D eigenvalue weighted by atomic mass is 10.1. The minimum absolute atomic E-state index is 0.0400. The molecule has 0 bridgehead atoms. The second kappa shape index (κ2) is 7.61. The first-order chi connectivity index (χ1) is 10.5. The second-order valence-corrected chi connectivity index (χ2v) is 6.10. The molecule has 1 aromatic rings. The molecule has 2 rings (SSSR count). The van der Waals surface area contributed by atoms with Gasteiger partial charge in [-0.3, -0.25) is 9.59 Å². The normalized spacial score (nSPS) is 19.0. The Kier molecular flexibility index (Phi) is 5.80. The van der Waals surface area contributed by atoms with Crippen molar-refractivity contribution in [2.45, 2.75) is 38.3 Å². The molecule has 2 atom stereocenters. The number of likely N-dealkylation sites (tertiary alicyclic amines) is 1. The van der Waals surface area contributed by atoms with Crippen LogP contribution in [0.1, 0.15) is 36.5 Å². The number of carbonyl (C=O) groups excluding carboxylic acids is 2. The molecule has 0 spiro atoms. The number of carbonyl (C=O) groups is 2. The lowest BCUT2D eigenvalue weighted by Crippen LogP contribution is -2.43. The molecular formula is C16H21ClN2O3. The Morgan fingerprint density at radius 3 is 2.95 bits per heavy atom. The molecule has 1 aliphatic heterocycles. The first-order valence-electron chi connectivity index (χ1n) is 7.48. The molecule has 0 aromatic heterocycles. The summed E-state index contributed by atoms with van der Waals surface area (Å²) in [5, 5.41) is 12.6. The maximum Gasteiger partial charge on any atom is 0.251 e. The molecule has 120 valence electrons. The lowest BCUT2D eigenvalue weighted by Gasteiger charge is -2.25. The van der Waals surface area contributed by atoms with Gasteiger partial charge in [-0.15, -0.1) is 0 Å². The molecule has 0 radical (unpaired) electrons. The van der Waals surface area contributed by atoms with E-state index >= 15 is 0 Å². The van der Waals surface area contributed by atoms with E-state index < -0.39 is 6.10 Å². The van der Waals surface area contributed by atoms with E-state index in [0.717, 1.165) is 12.8 Å². The van der Waals surface area contributed by atoms with Gasteiger partial charge in [-0.05, 0) is 44.4 Å². The maximum atomic E-state index is 12.2. The third-order valence-electron chi connectivity index (χ3n) is 3.80. The first kappa shape index (κ1) is 16.8. The number of aliphatic hydroxyl groups excluding tert-OH is 1. The molecule has 2 N–H and O–H groups in total. The van der Waals surface area contributed by atoms with Crippen LogP contribution in [0.3, 0.4) is 0 Å². The van der Waals surface area contributed by atoms with Gasteiger partial charge in [0.2, 0.25) is 5.91 Å². The van der Waals surface area contributed by atoms with E-state index in [4.69, 9.17) is 11.6 Å². The van der Waals surface area contributed by atoms with Crippen molar-refractivity contribution in [1.82, 2.24) is 10.2 Å². The number of aliphatic hydroxyl groups is 1. The van der Waals surface area contributed by atoms with Gasteiger partial charge < -0.3 is 15.3 Å². The number of hydrogen-bond donors (Lipinski definition) is 2. The summed E-state index contributed by atoms with van der Waals surface area (Å²) in [5.74, 6) is -0.430. The van der Waals surface area contributed by atoms with E-state index in [1.807, 2.05) is 0 Å². The zero-order valence-corrected chi connectivity index (χ0v) is 13.3. The van der Waals surface area contributed by atoms with Crippen LogP contribution in [-0.4, -0.2) is 47.1 Å². The largest absolute Gasteiger partial charge is 0.393 e. The highest BCUT2D eigenvalue weighted by atomic mass is 35.5. The van der Waals surface area contributed by atoms with Gasteiger partial charge in [0, 0.05) is 23.2 Å². The van der Waals surface area contributed by atoms with Crippen molar-refractivity contribution in [3.05, 3.63) is 34.9 Å². The molecule has 2 amide bonds. The molecule has 0 aliphatic carbocycles. The average molecular weight is 325 g/mol. The highest BCUT2D eigenvalue weighted by Crippen LogP contribution is 2.21. The van der Waals surface area contributed by atoms with Gasteiger partial charge >= 0.3 is 0 Å². The minimum Gasteiger partial charge on any atom is -0.393 e. The SMILES string of the molecule is CC(O)CC1CCCN1C(=O)CNC(=O)c1cccc(Cl)c1. The van der Waals surface area contributed by atoms with Gasteiger partial charge in [0.1, 0.15) is 0 Å². The molecule has 6 heteroatoms. The summed E-state index contributed by atoms with van der Waals surface area (Å²) >= 11 is 5.84. The number of halogens is 1. The molecule has 5 nitrogen and oxygen atoms in total. The standard InChI is InChI=1S/C16H21ClN2O3/c1-11(20)8-14-6-3-7-19(14)15(21)10-18-16(22)12-4-2-5-13(17)9-12/h2,4-5,9,11,14,20H,3,6-8,10H2,1H3,(H,18,22). The molecular weight excluding hydrogens is 304 g/mol. The zero-order valence-electron chi connectivity index (χ0n) is 12.6. The van der Waals surface area contributed by atoms with Crippen molar-refractivity contribution in [3.63, 3.8) is 0 Å². The molecule has 2 unspecified atom stereocenters. The van der Waals surface area contributed by atoms with Crippen LogP contribution in [0.5, 0.6) is 0 Å². The predicted octanol–water partition coefficient (Wildman–Crippen LogP) is 1.83. The first-order valence-corrected chi connectivity index (χ1v) is 7.86. The topological polar surface area (TPSA) is 69.6 Å². The van der Waals surface area contributed by atoms with E-state index in [9.17, 15) is 14.7 Å². The van der Waals surface area contributed by atoms with Crippen LogP contribution >= 0.6 is 11.6 Å². The van der Waals surface area contributed by atoms with E-state index in [2.05, 4.69) is 5.32 Å². The minimum atomic E-state index is -0.431. The van der Waals surface area contributed by atoms with Crippen molar-refractivity contribution in [1.29, 1.82) is 0 Å². The second-order valence-electron chi connectivity index (χ2n) is 5.66. The molecule has 1 fully saturated rings. The van der Waals surface area contributed by atoms with E-state index in [1.54, 1.807) is 36.1 Å². The number of nitrogens with zero attached hydrogens (tertiary/aromatic N) is 1. The third kappa shape index (κ3) is 4.45. The Labute approximate surface area is 135 Å². The van der Waals surface area contributed by atoms with Crippen LogP contribution in [0.15, 0.2) is 24.3 Å². The number of nitrogens with one attached hydrogen (secondary N) is 1. The molecule has 1 heterocycles. The van der Waals surface area contributed by atoms with E-state index in [1.165, 1.54) is 0 Å². The Morgan fingerprint density at radius 2 is 2.27 bits per heavy atom. The zero-order chi connectivity index (χ0) is 16.1. The molecule has 1 saturated heterocycles. The number of rotatable bonds is 5. The van der Waals surface area contributed by atoms with Gasteiger partial charge in [0.25, 0.3) is 5.91 Å². The Bertz CT molecular complexity index is 548. The summed E-state index contributed by atoms with van der Waals surface area (Å²) in [6, 6.07) is 6.66. The Balaban J connectivity index is 1.88. The van der Waals surface area contributed by atoms with Crippen LogP contribution in [-0.2, 0) is 4.79 Å². The van der Waals surface area contributed by atoms with E-state index in [0.29, 0.717) is 23.6 Å². The van der Waals surface area contributed by atoms with Crippen molar-refractivity contribution in [2.75, 3.05) is 13.1 Å². The van der Waals surface area contributed by atoms with Gasteiger partial charge in [0.15, 0.2) is 0 Å². The van der Waals surface area contributed by atoms with Gasteiger partial charge in [0.05, 0.1) is 12.6 Å². The summed E-state index contributed by atoms with van der Waals surface area (Å²) in [6.07, 6.45) is 1.98. The quantitative estimate of drug-likeness (QED) is 0.868. The van der Waals surface area contributed by atoms with Crippen LogP contribution in [0, 0.1) is 0 Å². The van der Waals surface area contributed by atoms with Gasteiger partial charge in [-0.25, -0.2) is 0 Å². The smallest absolute Gasteiger partial charge is 0.251 e.